The molecule has 0 saturated heterocycles. The standard InChI is InChI=1S/C9H7BrN2O2S/c10-8-6(2-4-15-8)5-11-9(13)7-1-3-14-12-7/h1-4H,5H2,(H,11,13). The van der Waals surface area contributed by atoms with Crippen molar-refractivity contribution in [3.63, 3.8) is 0 Å². The molecule has 15 heavy (non-hydrogen) atoms. The van der Waals surface area contributed by atoms with Crippen molar-refractivity contribution in [2.24, 2.45) is 0 Å². The fraction of sp³-hybridized carbons (Fsp3) is 0.111. The number of nitrogens with zero attached hydrogens (tertiary/aromatic N) is 1. The maximum absolute atomic E-state index is 11.5. The molecule has 2 rings (SSSR count). The summed E-state index contributed by atoms with van der Waals surface area (Å²) in [5.41, 5.74) is 1.35. The SMILES string of the molecule is O=C(NCc1ccsc1Br)c1ccon1. The topological polar surface area (TPSA) is 55.1 Å². The number of carbonyl (C=O) groups excluding carboxylic acids is 1. The highest BCUT2D eigenvalue weighted by Gasteiger charge is 2.09. The van der Waals surface area contributed by atoms with Gasteiger partial charge in [0.25, 0.3) is 5.91 Å². The number of thiophene rings is 1. The second kappa shape index (κ2) is 4.59. The van der Waals surface area contributed by atoms with Crippen LogP contribution in [0.25, 0.3) is 0 Å². The monoisotopic (exact) mass is 286 g/mol. The Morgan fingerprint density at radius 3 is 3.07 bits per heavy atom. The molecule has 0 atom stereocenters. The van der Waals surface area contributed by atoms with Crippen LogP contribution in [0, 0.1) is 0 Å². The van der Waals surface area contributed by atoms with Crippen molar-refractivity contribution in [2.75, 3.05) is 0 Å². The van der Waals surface area contributed by atoms with E-state index in [1.54, 1.807) is 11.3 Å². The molecule has 2 heterocycles. The molecule has 0 saturated carbocycles. The average molecular weight is 287 g/mol. The number of halogens is 1. The summed E-state index contributed by atoms with van der Waals surface area (Å²) in [5, 5.41) is 8.25. The van der Waals surface area contributed by atoms with Gasteiger partial charge >= 0.3 is 0 Å². The molecular formula is C9H7BrN2O2S. The average Bonchev–Trinajstić information content (AvgIpc) is 2.85. The van der Waals surface area contributed by atoms with Crippen LogP contribution in [0.3, 0.4) is 0 Å². The lowest BCUT2D eigenvalue weighted by Crippen LogP contribution is -2.22. The Labute approximate surface area is 98.4 Å². The molecule has 1 N–H and O–H groups in total. The number of aromatic nitrogens is 1. The van der Waals surface area contributed by atoms with Crippen molar-refractivity contribution in [1.29, 1.82) is 0 Å². The van der Waals surface area contributed by atoms with E-state index in [-0.39, 0.29) is 5.91 Å². The van der Waals surface area contributed by atoms with Gasteiger partial charge in [-0.25, -0.2) is 0 Å². The maximum atomic E-state index is 11.5. The summed E-state index contributed by atoms with van der Waals surface area (Å²) < 4.78 is 5.61. The molecule has 2 aromatic heterocycles. The Hall–Kier alpha value is -1.14. The molecule has 0 aliphatic rings. The summed E-state index contributed by atoms with van der Waals surface area (Å²) in [5.74, 6) is -0.234. The van der Waals surface area contributed by atoms with Gasteiger partial charge in [0.1, 0.15) is 6.26 Å². The van der Waals surface area contributed by atoms with E-state index in [9.17, 15) is 4.79 Å². The molecule has 0 fully saturated rings. The first-order valence-corrected chi connectivity index (χ1v) is 5.85. The summed E-state index contributed by atoms with van der Waals surface area (Å²) in [4.78, 5) is 11.5. The molecule has 0 aliphatic carbocycles. The molecule has 4 nitrogen and oxygen atoms in total. The minimum Gasteiger partial charge on any atom is -0.364 e. The lowest BCUT2D eigenvalue weighted by atomic mass is 10.3. The molecule has 6 heteroatoms. The molecule has 0 aromatic carbocycles. The van der Waals surface area contributed by atoms with Crippen LogP contribution in [0.2, 0.25) is 0 Å². The Morgan fingerprint density at radius 2 is 2.47 bits per heavy atom. The van der Waals surface area contributed by atoms with Gasteiger partial charge in [0.05, 0.1) is 3.79 Å². The summed E-state index contributed by atoms with van der Waals surface area (Å²) in [7, 11) is 0. The number of hydrogen-bond acceptors (Lipinski definition) is 4. The van der Waals surface area contributed by atoms with Crippen LogP contribution in [0.1, 0.15) is 16.1 Å². The van der Waals surface area contributed by atoms with Gasteiger partial charge in [0.2, 0.25) is 0 Å². The largest absolute Gasteiger partial charge is 0.364 e. The first-order valence-electron chi connectivity index (χ1n) is 4.18. The summed E-state index contributed by atoms with van der Waals surface area (Å²) in [6.07, 6.45) is 1.37. The Morgan fingerprint density at radius 1 is 1.60 bits per heavy atom. The highest BCUT2D eigenvalue weighted by Crippen LogP contribution is 2.22. The Bertz CT molecular complexity index is 452. The maximum Gasteiger partial charge on any atom is 0.273 e. The van der Waals surface area contributed by atoms with Gasteiger partial charge in [-0.1, -0.05) is 5.16 Å². The van der Waals surface area contributed by atoms with E-state index in [4.69, 9.17) is 0 Å². The fourth-order valence-corrected chi connectivity index (χ4v) is 2.28. The third-order valence-corrected chi connectivity index (χ3v) is 3.61. The van der Waals surface area contributed by atoms with Gasteiger partial charge in [0.15, 0.2) is 5.69 Å². The van der Waals surface area contributed by atoms with E-state index < -0.39 is 0 Å². The first-order chi connectivity index (χ1) is 7.27. The molecule has 0 radical (unpaired) electrons. The minimum absolute atomic E-state index is 0.234. The highest BCUT2D eigenvalue weighted by atomic mass is 79.9. The quantitative estimate of drug-likeness (QED) is 0.943. The van der Waals surface area contributed by atoms with Crippen LogP contribution in [-0.2, 0) is 6.54 Å². The van der Waals surface area contributed by atoms with Crippen LogP contribution in [0.4, 0.5) is 0 Å². The van der Waals surface area contributed by atoms with E-state index in [0.29, 0.717) is 12.2 Å². The van der Waals surface area contributed by atoms with Crippen molar-refractivity contribution in [1.82, 2.24) is 10.5 Å². The summed E-state index contributed by atoms with van der Waals surface area (Å²) in [6, 6.07) is 3.48. The van der Waals surface area contributed by atoms with E-state index in [2.05, 4.69) is 30.9 Å². The molecule has 0 spiro atoms. The molecule has 0 unspecified atom stereocenters. The highest BCUT2D eigenvalue weighted by molar-refractivity contribution is 9.11. The third kappa shape index (κ3) is 2.45. The van der Waals surface area contributed by atoms with Crippen LogP contribution in [0.5, 0.6) is 0 Å². The number of rotatable bonds is 3. The second-order valence-corrected chi connectivity index (χ2v) is 5.02. The van der Waals surface area contributed by atoms with Gasteiger partial charge in [-0.3, -0.25) is 4.79 Å². The lowest BCUT2D eigenvalue weighted by molar-refractivity contribution is 0.0942. The van der Waals surface area contributed by atoms with E-state index in [1.165, 1.54) is 12.3 Å². The minimum atomic E-state index is -0.234. The van der Waals surface area contributed by atoms with Crippen molar-refractivity contribution in [3.05, 3.63) is 38.8 Å². The van der Waals surface area contributed by atoms with Crippen molar-refractivity contribution < 1.29 is 9.32 Å². The van der Waals surface area contributed by atoms with Crippen molar-refractivity contribution in [3.8, 4) is 0 Å². The molecule has 0 aliphatic heterocycles. The molecule has 1 amide bonds. The predicted molar refractivity (Wildman–Crippen MR) is 59.7 cm³/mol. The van der Waals surface area contributed by atoms with Crippen LogP contribution in [0.15, 0.2) is 32.1 Å². The molecular weight excluding hydrogens is 280 g/mol. The molecule has 0 bridgehead atoms. The normalized spacial score (nSPS) is 10.2. The Kier molecular flexibility index (Phi) is 3.17. The zero-order chi connectivity index (χ0) is 10.7. The number of carbonyl (C=O) groups is 1. The van der Waals surface area contributed by atoms with Gasteiger partial charge in [-0.05, 0) is 32.9 Å². The zero-order valence-corrected chi connectivity index (χ0v) is 9.97. The predicted octanol–water partition coefficient (Wildman–Crippen LogP) is 2.43. The number of hydrogen-bond donors (Lipinski definition) is 1. The second-order valence-electron chi connectivity index (χ2n) is 2.79. The number of amides is 1. The van der Waals surface area contributed by atoms with Crippen molar-refractivity contribution in [2.45, 2.75) is 6.54 Å². The van der Waals surface area contributed by atoms with E-state index in [1.807, 2.05) is 11.4 Å². The lowest BCUT2D eigenvalue weighted by Gasteiger charge is -2.00. The number of nitrogens with one attached hydrogen (secondary N) is 1. The molecule has 2 aromatic rings. The van der Waals surface area contributed by atoms with E-state index in [0.717, 1.165) is 9.35 Å². The summed E-state index contributed by atoms with van der Waals surface area (Å²) >= 11 is 4.98. The first kappa shape index (κ1) is 10.4. The summed E-state index contributed by atoms with van der Waals surface area (Å²) in [6.45, 7) is 0.482. The van der Waals surface area contributed by atoms with Crippen LogP contribution < -0.4 is 5.32 Å². The Balaban J connectivity index is 1.95. The fourth-order valence-electron chi connectivity index (χ4n) is 1.04. The van der Waals surface area contributed by atoms with Crippen LogP contribution in [-0.4, -0.2) is 11.1 Å². The van der Waals surface area contributed by atoms with Gasteiger partial charge < -0.3 is 9.84 Å². The van der Waals surface area contributed by atoms with Gasteiger partial charge in [0, 0.05) is 12.6 Å². The van der Waals surface area contributed by atoms with Crippen molar-refractivity contribution >= 4 is 33.2 Å². The van der Waals surface area contributed by atoms with Gasteiger partial charge in [-0.2, -0.15) is 0 Å². The third-order valence-electron chi connectivity index (χ3n) is 1.80. The van der Waals surface area contributed by atoms with Gasteiger partial charge in [-0.15, -0.1) is 11.3 Å². The smallest absolute Gasteiger partial charge is 0.273 e. The molecule has 78 valence electrons. The van der Waals surface area contributed by atoms with E-state index >= 15 is 0 Å². The van der Waals surface area contributed by atoms with Crippen LogP contribution >= 0.6 is 27.3 Å². The zero-order valence-electron chi connectivity index (χ0n) is 7.57.